The summed E-state index contributed by atoms with van der Waals surface area (Å²) < 4.78 is 4.33. The molecule has 7 heteroatoms. The van der Waals surface area contributed by atoms with Gasteiger partial charge in [-0.15, -0.1) is 20.4 Å². The fourth-order valence-corrected chi connectivity index (χ4v) is 3.90. The Kier molecular flexibility index (Phi) is 3.55. The molecule has 0 radical (unpaired) electrons. The standard InChI is InChI=1S/C18H23N7/c1-23-16(20-21-17(23)13-5-6-13)12-24-10-7-14(8-11-24)18-22-19-15-4-2-3-9-25(15)18/h2-4,9,13-14H,5-8,10-12H2,1H3. The van der Waals surface area contributed by atoms with Crippen LogP contribution in [0.25, 0.3) is 5.65 Å². The zero-order valence-corrected chi connectivity index (χ0v) is 14.5. The summed E-state index contributed by atoms with van der Waals surface area (Å²) in [5, 5.41) is 17.6. The average molecular weight is 337 g/mol. The molecular formula is C18H23N7. The second-order valence-electron chi connectivity index (χ2n) is 7.35. The Hall–Kier alpha value is -2.28. The van der Waals surface area contributed by atoms with Gasteiger partial charge in [0, 0.05) is 25.1 Å². The topological polar surface area (TPSA) is 64.1 Å². The van der Waals surface area contributed by atoms with Crippen LogP contribution >= 0.6 is 0 Å². The Morgan fingerprint density at radius 2 is 1.68 bits per heavy atom. The maximum absolute atomic E-state index is 4.44. The summed E-state index contributed by atoms with van der Waals surface area (Å²) in [6.07, 6.45) is 6.83. The summed E-state index contributed by atoms with van der Waals surface area (Å²) in [6, 6.07) is 6.06. The number of pyridine rings is 1. The molecule has 3 aromatic rings. The number of rotatable bonds is 4. The third-order valence-electron chi connectivity index (χ3n) is 5.60. The molecule has 0 aromatic carbocycles. The highest BCUT2D eigenvalue weighted by Crippen LogP contribution is 2.39. The van der Waals surface area contributed by atoms with Gasteiger partial charge in [0.2, 0.25) is 0 Å². The third kappa shape index (κ3) is 2.72. The molecule has 1 aliphatic carbocycles. The summed E-state index contributed by atoms with van der Waals surface area (Å²) in [6.45, 7) is 3.03. The molecule has 4 heterocycles. The van der Waals surface area contributed by atoms with E-state index >= 15 is 0 Å². The molecule has 2 aliphatic rings. The van der Waals surface area contributed by atoms with E-state index in [4.69, 9.17) is 0 Å². The Balaban J connectivity index is 1.25. The van der Waals surface area contributed by atoms with Gasteiger partial charge in [0.15, 0.2) is 5.65 Å². The van der Waals surface area contributed by atoms with Crippen LogP contribution < -0.4 is 0 Å². The van der Waals surface area contributed by atoms with Gasteiger partial charge >= 0.3 is 0 Å². The van der Waals surface area contributed by atoms with Crippen molar-refractivity contribution in [2.24, 2.45) is 7.05 Å². The van der Waals surface area contributed by atoms with Crippen molar-refractivity contribution in [2.75, 3.05) is 13.1 Å². The first kappa shape index (κ1) is 15.0. The van der Waals surface area contributed by atoms with Crippen molar-refractivity contribution in [3.63, 3.8) is 0 Å². The molecule has 0 amide bonds. The molecule has 0 spiro atoms. The van der Waals surface area contributed by atoms with E-state index in [1.165, 1.54) is 18.7 Å². The summed E-state index contributed by atoms with van der Waals surface area (Å²) in [5.74, 6) is 4.49. The minimum atomic E-state index is 0.482. The lowest BCUT2D eigenvalue weighted by molar-refractivity contribution is 0.195. The van der Waals surface area contributed by atoms with Crippen molar-refractivity contribution in [3.8, 4) is 0 Å². The number of piperidine rings is 1. The SMILES string of the molecule is Cn1c(CN2CCC(c3nnc4ccccn34)CC2)nnc1C1CC1. The van der Waals surface area contributed by atoms with Crippen molar-refractivity contribution in [1.29, 1.82) is 0 Å². The van der Waals surface area contributed by atoms with Crippen LogP contribution in [0.15, 0.2) is 24.4 Å². The van der Waals surface area contributed by atoms with Crippen molar-refractivity contribution in [3.05, 3.63) is 41.9 Å². The molecule has 7 nitrogen and oxygen atoms in total. The van der Waals surface area contributed by atoms with Gasteiger partial charge in [0.05, 0.1) is 6.54 Å². The Morgan fingerprint density at radius 3 is 2.48 bits per heavy atom. The van der Waals surface area contributed by atoms with E-state index in [0.29, 0.717) is 11.8 Å². The van der Waals surface area contributed by atoms with Crippen molar-refractivity contribution in [2.45, 2.75) is 44.1 Å². The van der Waals surface area contributed by atoms with Gasteiger partial charge in [-0.25, -0.2) is 0 Å². The highest BCUT2D eigenvalue weighted by atomic mass is 15.3. The fourth-order valence-electron chi connectivity index (χ4n) is 3.90. The van der Waals surface area contributed by atoms with Crippen LogP contribution in [0.2, 0.25) is 0 Å². The molecule has 130 valence electrons. The summed E-state index contributed by atoms with van der Waals surface area (Å²) in [5.41, 5.74) is 0.937. The number of hydrogen-bond acceptors (Lipinski definition) is 5. The molecule has 1 saturated carbocycles. The molecule has 0 N–H and O–H groups in total. The van der Waals surface area contributed by atoms with E-state index in [-0.39, 0.29) is 0 Å². The second kappa shape index (κ2) is 5.91. The molecule has 5 rings (SSSR count). The van der Waals surface area contributed by atoms with Gasteiger partial charge in [-0.3, -0.25) is 9.30 Å². The summed E-state index contributed by atoms with van der Waals surface area (Å²) in [7, 11) is 2.11. The van der Waals surface area contributed by atoms with E-state index in [2.05, 4.69) is 47.5 Å². The van der Waals surface area contributed by atoms with Gasteiger partial charge in [-0.05, 0) is 50.9 Å². The van der Waals surface area contributed by atoms with Crippen molar-refractivity contribution in [1.82, 2.24) is 34.3 Å². The van der Waals surface area contributed by atoms with Gasteiger partial charge in [-0.1, -0.05) is 6.07 Å². The first-order valence-electron chi connectivity index (χ1n) is 9.20. The molecule has 0 bridgehead atoms. The van der Waals surface area contributed by atoms with Gasteiger partial charge in [0.1, 0.15) is 17.5 Å². The van der Waals surface area contributed by atoms with Crippen LogP contribution in [-0.2, 0) is 13.6 Å². The molecule has 2 fully saturated rings. The van der Waals surface area contributed by atoms with Gasteiger partial charge < -0.3 is 4.57 Å². The molecule has 1 saturated heterocycles. The maximum atomic E-state index is 4.44. The predicted octanol–water partition coefficient (Wildman–Crippen LogP) is 2.11. The van der Waals surface area contributed by atoms with E-state index in [9.17, 15) is 0 Å². The number of likely N-dealkylation sites (tertiary alicyclic amines) is 1. The van der Waals surface area contributed by atoms with Crippen LogP contribution in [0.4, 0.5) is 0 Å². The van der Waals surface area contributed by atoms with E-state index in [1.807, 2.05) is 18.2 Å². The molecular weight excluding hydrogens is 314 g/mol. The molecule has 0 unspecified atom stereocenters. The molecule has 3 aromatic heterocycles. The third-order valence-corrected chi connectivity index (χ3v) is 5.60. The Morgan fingerprint density at radius 1 is 0.920 bits per heavy atom. The number of fused-ring (bicyclic) bond motifs is 1. The molecule has 25 heavy (non-hydrogen) atoms. The van der Waals surface area contributed by atoms with Gasteiger partial charge in [0.25, 0.3) is 0 Å². The highest BCUT2D eigenvalue weighted by Gasteiger charge is 2.30. The normalized spacial score (nSPS) is 19.7. The summed E-state index contributed by atoms with van der Waals surface area (Å²) in [4.78, 5) is 2.49. The largest absolute Gasteiger partial charge is 0.317 e. The highest BCUT2D eigenvalue weighted by molar-refractivity contribution is 5.37. The fraction of sp³-hybridized carbons (Fsp3) is 0.556. The average Bonchev–Trinajstić information content (AvgIpc) is 3.30. The minimum Gasteiger partial charge on any atom is -0.317 e. The first-order chi connectivity index (χ1) is 12.3. The predicted molar refractivity (Wildman–Crippen MR) is 93.2 cm³/mol. The van der Waals surface area contributed by atoms with E-state index in [0.717, 1.165) is 49.8 Å². The van der Waals surface area contributed by atoms with E-state index < -0.39 is 0 Å². The quantitative estimate of drug-likeness (QED) is 0.730. The first-order valence-corrected chi connectivity index (χ1v) is 9.20. The van der Waals surface area contributed by atoms with Crippen LogP contribution in [0.1, 0.15) is 55.0 Å². The van der Waals surface area contributed by atoms with Crippen molar-refractivity contribution >= 4 is 5.65 Å². The van der Waals surface area contributed by atoms with Crippen molar-refractivity contribution < 1.29 is 0 Å². The van der Waals surface area contributed by atoms with Gasteiger partial charge in [-0.2, -0.15) is 0 Å². The second-order valence-corrected chi connectivity index (χ2v) is 7.35. The maximum Gasteiger partial charge on any atom is 0.160 e. The zero-order chi connectivity index (χ0) is 16.8. The number of hydrogen-bond donors (Lipinski definition) is 0. The smallest absolute Gasteiger partial charge is 0.160 e. The monoisotopic (exact) mass is 337 g/mol. The number of aromatic nitrogens is 6. The lowest BCUT2D eigenvalue weighted by Crippen LogP contribution is -2.33. The Labute approximate surface area is 146 Å². The minimum absolute atomic E-state index is 0.482. The van der Waals surface area contributed by atoms with Crippen LogP contribution in [-0.4, -0.2) is 47.4 Å². The lowest BCUT2D eigenvalue weighted by atomic mass is 9.96. The summed E-state index contributed by atoms with van der Waals surface area (Å²) >= 11 is 0. The zero-order valence-electron chi connectivity index (χ0n) is 14.5. The van der Waals surface area contributed by atoms with Crippen LogP contribution in [0.3, 0.4) is 0 Å². The lowest BCUT2D eigenvalue weighted by Gasteiger charge is -2.30. The number of nitrogens with zero attached hydrogens (tertiary/aromatic N) is 7. The molecule has 0 atom stereocenters. The van der Waals surface area contributed by atoms with E-state index in [1.54, 1.807) is 0 Å². The Bertz CT molecular complexity index is 884. The van der Waals surface area contributed by atoms with Crippen LogP contribution in [0.5, 0.6) is 0 Å². The molecule has 1 aliphatic heterocycles. The van der Waals surface area contributed by atoms with Crippen LogP contribution in [0, 0.1) is 0 Å².